The lowest BCUT2D eigenvalue weighted by Crippen LogP contribution is -2.26. The van der Waals surface area contributed by atoms with E-state index in [0.29, 0.717) is 22.7 Å². The van der Waals surface area contributed by atoms with Gasteiger partial charge in [0.25, 0.3) is 5.88 Å². The maximum Gasteiger partial charge on any atom is 0.414 e. The van der Waals surface area contributed by atoms with E-state index in [9.17, 15) is 10.1 Å². The first-order chi connectivity index (χ1) is 16.6. The Kier molecular flexibility index (Phi) is 4.74. The number of nitrogens with zero attached hydrogens (tertiary/aromatic N) is 4. The van der Waals surface area contributed by atoms with Crippen LogP contribution in [0.25, 0.3) is 11.1 Å². The number of anilines is 1. The van der Waals surface area contributed by atoms with Gasteiger partial charge in [-0.1, -0.05) is 6.07 Å². The molecule has 1 N–H and O–H groups in total. The maximum atomic E-state index is 15.0. The molecule has 9 nitrogen and oxygen atoms in total. The molecule has 3 fully saturated rings. The van der Waals surface area contributed by atoms with Gasteiger partial charge in [-0.05, 0) is 29.4 Å². The number of amides is 1. The van der Waals surface area contributed by atoms with Crippen molar-refractivity contribution < 1.29 is 23.2 Å². The van der Waals surface area contributed by atoms with Crippen molar-refractivity contribution in [3.8, 4) is 23.1 Å². The van der Waals surface area contributed by atoms with Crippen LogP contribution < -0.4 is 15.0 Å². The fourth-order valence-electron chi connectivity index (χ4n) is 5.12. The summed E-state index contributed by atoms with van der Waals surface area (Å²) >= 11 is 0. The predicted molar refractivity (Wildman–Crippen MR) is 116 cm³/mol. The number of pyridine rings is 1. The molecule has 172 valence electrons. The molecule has 34 heavy (non-hydrogen) atoms. The van der Waals surface area contributed by atoms with Gasteiger partial charge in [-0.2, -0.15) is 5.26 Å². The second-order valence-corrected chi connectivity index (χ2v) is 8.71. The number of hydrogen-bond acceptors (Lipinski definition) is 8. The molecule has 3 atom stereocenters. The monoisotopic (exact) mass is 461 g/mol. The largest absolute Gasteiger partial charge is 0.471 e. The number of halogens is 1. The van der Waals surface area contributed by atoms with Gasteiger partial charge < -0.3 is 19.3 Å². The lowest BCUT2D eigenvalue weighted by atomic mass is 9.96. The van der Waals surface area contributed by atoms with Crippen LogP contribution in [-0.4, -0.2) is 48.6 Å². The molecule has 10 heteroatoms. The van der Waals surface area contributed by atoms with Crippen molar-refractivity contribution in [1.29, 1.82) is 5.26 Å². The summed E-state index contributed by atoms with van der Waals surface area (Å²) in [5, 5.41) is 16.7. The first-order valence-corrected chi connectivity index (χ1v) is 11.0. The molecule has 2 aromatic heterocycles. The minimum Gasteiger partial charge on any atom is -0.471 e. The molecule has 3 aromatic rings. The molecule has 3 aliphatic rings. The molecule has 1 aliphatic carbocycles. The van der Waals surface area contributed by atoms with E-state index in [1.165, 1.54) is 17.2 Å². The van der Waals surface area contributed by atoms with Crippen LogP contribution in [0.15, 0.2) is 53.4 Å². The number of cyclic esters (lactones) is 1. The molecule has 0 bridgehead atoms. The molecule has 1 saturated carbocycles. The summed E-state index contributed by atoms with van der Waals surface area (Å²) in [6.07, 6.45) is 1.90. The van der Waals surface area contributed by atoms with E-state index >= 15 is 4.39 Å². The number of carbonyl (C=O) groups is 1. The lowest BCUT2D eigenvalue weighted by molar-refractivity contribution is 0.102. The number of benzene rings is 1. The second-order valence-electron chi connectivity index (χ2n) is 8.71. The van der Waals surface area contributed by atoms with Crippen molar-refractivity contribution in [3.05, 3.63) is 60.4 Å². The third-order valence-electron chi connectivity index (χ3n) is 6.93. The van der Waals surface area contributed by atoms with E-state index in [1.807, 2.05) is 6.07 Å². The van der Waals surface area contributed by atoms with E-state index in [2.05, 4.69) is 21.5 Å². The summed E-state index contributed by atoms with van der Waals surface area (Å²) in [5.41, 5.74) is 1.57. The van der Waals surface area contributed by atoms with Crippen molar-refractivity contribution in [2.24, 2.45) is 11.8 Å². The number of carbonyl (C=O) groups excluding carboxylic acids is 1. The fourth-order valence-corrected chi connectivity index (χ4v) is 5.12. The molecule has 2 saturated heterocycles. The van der Waals surface area contributed by atoms with Crippen LogP contribution in [0.1, 0.15) is 5.69 Å². The standard InChI is InChI=1S/C24H20FN5O4/c25-20-7-15(30-11-16(34-23(30)31)12-32-22-5-6-33-29-22)2-3-17(20)14-1-4-21(28-8-14)24(13-26)18-9-27-10-19(18)24/h1-8,16,18-19,27H,9-12H2/t16-,18?,19?,24?/m1/s1. The zero-order chi connectivity index (χ0) is 23.3. The number of nitriles is 1. The first-order valence-electron chi connectivity index (χ1n) is 11.0. The Morgan fingerprint density at radius 2 is 2.12 bits per heavy atom. The van der Waals surface area contributed by atoms with Crippen molar-refractivity contribution in [3.63, 3.8) is 0 Å². The Labute approximate surface area is 194 Å². The topological polar surface area (TPSA) is 114 Å². The Hall–Kier alpha value is -3.97. The number of rotatable bonds is 6. The van der Waals surface area contributed by atoms with E-state index < -0.39 is 23.4 Å². The van der Waals surface area contributed by atoms with Gasteiger partial charge in [0, 0.05) is 48.3 Å². The van der Waals surface area contributed by atoms with Gasteiger partial charge in [-0.25, -0.2) is 9.18 Å². The van der Waals surface area contributed by atoms with Crippen molar-refractivity contribution in [1.82, 2.24) is 15.5 Å². The number of aromatic nitrogens is 2. The second kappa shape index (κ2) is 7.81. The number of nitrogens with one attached hydrogen (secondary N) is 1. The summed E-state index contributed by atoms with van der Waals surface area (Å²) in [7, 11) is 0. The van der Waals surface area contributed by atoms with Gasteiger partial charge in [0.1, 0.15) is 24.1 Å². The first kappa shape index (κ1) is 20.6. The molecule has 0 radical (unpaired) electrons. The smallest absolute Gasteiger partial charge is 0.414 e. The number of ether oxygens (including phenoxy) is 2. The molecule has 0 spiro atoms. The minimum atomic E-state index is -0.571. The molecule has 6 rings (SSSR count). The SMILES string of the molecule is N#CC1(c2ccc(-c3ccc(N4C[C@H](COc5ccon5)OC4=O)cc3F)cn2)C2CNCC21. The summed E-state index contributed by atoms with van der Waals surface area (Å²) in [5.74, 6) is 0.394. The summed E-state index contributed by atoms with van der Waals surface area (Å²) in [4.78, 5) is 18.2. The highest BCUT2D eigenvalue weighted by Gasteiger charge is 2.69. The van der Waals surface area contributed by atoms with Crippen molar-refractivity contribution in [2.45, 2.75) is 11.5 Å². The van der Waals surface area contributed by atoms with E-state index in [0.717, 1.165) is 18.8 Å². The zero-order valence-electron chi connectivity index (χ0n) is 18.0. The van der Waals surface area contributed by atoms with E-state index in [4.69, 9.17) is 14.0 Å². The molecule has 2 aliphatic heterocycles. The van der Waals surface area contributed by atoms with Crippen LogP contribution >= 0.6 is 0 Å². The maximum absolute atomic E-state index is 15.0. The van der Waals surface area contributed by atoms with Gasteiger partial charge in [0.2, 0.25) is 0 Å². The zero-order valence-corrected chi connectivity index (χ0v) is 18.0. The Morgan fingerprint density at radius 1 is 1.26 bits per heavy atom. The number of hydrogen-bond donors (Lipinski definition) is 1. The fraction of sp³-hybridized carbons (Fsp3) is 0.333. The highest BCUT2D eigenvalue weighted by atomic mass is 19.1. The minimum absolute atomic E-state index is 0.106. The van der Waals surface area contributed by atoms with Gasteiger partial charge in [0.05, 0.1) is 24.0 Å². The van der Waals surface area contributed by atoms with Crippen molar-refractivity contribution in [2.75, 3.05) is 31.1 Å². The quantitative estimate of drug-likeness (QED) is 0.596. The Bertz CT molecular complexity index is 1260. The van der Waals surface area contributed by atoms with Crippen LogP contribution in [0.4, 0.5) is 14.9 Å². The Balaban J connectivity index is 1.16. The lowest BCUT2D eigenvalue weighted by Gasteiger charge is -2.15. The summed E-state index contributed by atoms with van der Waals surface area (Å²) < 4.78 is 30.5. The summed E-state index contributed by atoms with van der Waals surface area (Å²) in [6, 6.07) is 12.2. The highest BCUT2D eigenvalue weighted by Crippen LogP contribution is 2.60. The van der Waals surface area contributed by atoms with Crippen LogP contribution in [-0.2, 0) is 10.2 Å². The van der Waals surface area contributed by atoms with Crippen LogP contribution in [0, 0.1) is 29.0 Å². The molecule has 1 aromatic carbocycles. The summed E-state index contributed by atoms with van der Waals surface area (Å²) in [6.45, 7) is 1.97. The molecular formula is C24H20FN5O4. The van der Waals surface area contributed by atoms with Crippen LogP contribution in [0.3, 0.4) is 0 Å². The third kappa shape index (κ3) is 3.20. The van der Waals surface area contributed by atoms with Gasteiger partial charge in [-0.15, -0.1) is 0 Å². The average Bonchev–Trinajstić information content (AvgIpc) is 3.38. The van der Waals surface area contributed by atoms with Crippen molar-refractivity contribution >= 4 is 11.8 Å². The van der Waals surface area contributed by atoms with E-state index in [1.54, 1.807) is 30.5 Å². The third-order valence-corrected chi connectivity index (χ3v) is 6.93. The van der Waals surface area contributed by atoms with E-state index in [-0.39, 0.29) is 25.0 Å². The average molecular weight is 461 g/mol. The van der Waals surface area contributed by atoms with Gasteiger partial charge >= 0.3 is 6.09 Å². The van der Waals surface area contributed by atoms with Crippen LogP contribution in [0.5, 0.6) is 5.88 Å². The Morgan fingerprint density at radius 3 is 2.79 bits per heavy atom. The molecule has 2 unspecified atom stereocenters. The molecule has 1 amide bonds. The highest BCUT2D eigenvalue weighted by molar-refractivity contribution is 5.90. The van der Waals surface area contributed by atoms with Crippen LogP contribution in [0.2, 0.25) is 0 Å². The van der Waals surface area contributed by atoms with Gasteiger partial charge in [0.15, 0.2) is 6.10 Å². The molecule has 4 heterocycles. The number of fused-ring (bicyclic) bond motifs is 1. The normalized spacial score (nSPS) is 27.2. The predicted octanol–water partition coefficient (Wildman–Crippen LogP) is 2.89. The molecular weight excluding hydrogens is 441 g/mol. The number of piperidine rings is 1. The van der Waals surface area contributed by atoms with Gasteiger partial charge in [-0.3, -0.25) is 9.88 Å².